The van der Waals surface area contributed by atoms with Gasteiger partial charge in [-0.1, -0.05) is 12.1 Å². The zero-order chi connectivity index (χ0) is 22.2. The van der Waals surface area contributed by atoms with Crippen molar-refractivity contribution in [3.8, 4) is 22.0 Å². The van der Waals surface area contributed by atoms with Crippen molar-refractivity contribution in [2.75, 3.05) is 5.32 Å². The summed E-state index contributed by atoms with van der Waals surface area (Å²) in [6.07, 6.45) is 0.261. The number of hydrogen-bond donors (Lipinski definition) is 2. The molecule has 0 aliphatic carbocycles. The highest BCUT2D eigenvalue weighted by atomic mass is 32.1. The predicted octanol–water partition coefficient (Wildman–Crippen LogP) is 4.57. The Morgan fingerprint density at radius 3 is 2.84 bits per heavy atom. The second-order valence-electron chi connectivity index (χ2n) is 6.65. The largest absolute Gasteiger partial charge is 0.320 e. The van der Waals surface area contributed by atoms with E-state index in [4.69, 9.17) is 0 Å². The molecule has 32 heavy (non-hydrogen) atoms. The molecule has 8 nitrogen and oxygen atoms in total. The van der Waals surface area contributed by atoms with Gasteiger partial charge in [0.05, 0.1) is 11.8 Å². The molecule has 0 unspecified atom stereocenters. The molecule has 0 spiro atoms. The molecule has 0 saturated carbocycles. The second kappa shape index (κ2) is 7.89. The Labute approximate surface area is 181 Å². The standard InChI is InChI=1S/C20H12F3N7OS/c21-11-3-1-2-10(6-11)18-27-15-7-12(4-5-30(15)29-18)25-19(31)16-13(8-24-28-16)20-26-14(9-32-20)17(22)23/h1-9,17H,(H,24,28)(H,25,31). The number of carbonyl (C=O) groups is 1. The average molecular weight is 455 g/mol. The first-order chi connectivity index (χ1) is 15.5. The maximum Gasteiger partial charge on any atom is 0.281 e. The normalized spacial score (nSPS) is 11.4. The number of anilines is 1. The van der Waals surface area contributed by atoms with Crippen LogP contribution >= 0.6 is 11.3 Å². The topological polar surface area (TPSA) is 101 Å². The van der Waals surface area contributed by atoms with Gasteiger partial charge in [0.1, 0.15) is 22.2 Å². The van der Waals surface area contributed by atoms with Crippen molar-refractivity contribution in [3.05, 3.63) is 71.4 Å². The summed E-state index contributed by atoms with van der Waals surface area (Å²) in [5.41, 5.74) is 1.43. The number of aromatic amines is 1. The molecule has 12 heteroatoms. The minimum Gasteiger partial charge on any atom is -0.320 e. The molecule has 0 fully saturated rings. The van der Waals surface area contributed by atoms with Crippen LogP contribution in [-0.4, -0.2) is 35.7 Å². The van der Waals surface area contributed by atoms with E-state index in [-0.39, 0.29) is 16.4 Å². The molecule has 0 aliphatic rings. The van der Waals surface area contributed by atoms with Gasteiger partial charge >= 0.3 is 0 Å². The lowest BCUT2D eigenvalue weighted by atomic mass is 10.2. The van der Waals surface area contributed by atoms with E-state index in [1.807, 2.05) is 0 Å². The maximum atomic E-state index is 13.5. The number of fused-ring (bicyclic) bond motifs is 1. The van der Waals surface area contributed by atoms with Crippen LogP contribution in [0.3, 0.4) is 0 Å². The maximum absolute atomic E-state index is 13.5. The van der Waals surface area contributed by atoms with E-state index in [0.29, 0.717) is 28.3 Å². The molecule has 1 aromatic carbocycles. The number of pyridine rings is 1. The molecule has 5 rings (SSSR count). The third-order valence-electron chi connectivity index (χ3n) is 4.52. The molecule has 4 heterocycles. The molecule has 5 aromatic rings. The second-order valence-corrected chi connectivity index (χ2v) is 7.51. The van der Waals surface area contributed by atoms with Crippen molar-refractivity contribution in [2.45, 2.75) is 6.43 Å². The van der Waals surface area contributed by atoms with Gasteiger partial charge in [-0.3, -0.25) is 9.89 Å². The first-order valence-corrected chi connectivity index (χ1v) is 10.1. The number of alkyl halides is 2. The molecule has 0 saturated heterocycles. The number of nitrogens with one attached hydrogen (secondary N) is 2. The number of thiazole rings is 1. The predicted molar refractivity (Wildman–Crippen MR) is 111 cm³/mol. The Hall–Kier alpha value is -4.06. The lowest BCUT2D eigenvalue weighted by Gasteiger charge is -2.05. The fourth-order valence-electron chi connectivity index (χ4n) is 3.03. The van der Waals surface area contributed by atoms with Gasteiger partial charge in [-0.2, -0.15) is 5.10 Å². The summed E-state index contributed by atoms with van der Waals surface area (Å²) in [4.78, 5) is 21.0. The molecule has 160 valence electrons. The smallest absolute Gasteiger partial charge is 0.281 e. The van der Waals surface area contributed by atoms with Crippen molar-refractivity contribution in [1.29, 1.82) is 0 Å². The highest BCUT2D eigenvalue weighted by Crippen LogP contribution is 2.30. The molecule has 4 aromatic heterocycles. The van der Waals surface area contributed by atoms with Crippen molar-refractivity contribution >= 4 is 28.6 Å². The minimum atomic E-state index is -2.70. The molecule has 0 atom stereocenters. The lowest BCUT2D eigenvalue weighted by molar-refractivity contribution is 0.102. The summed E-state index contributed by atoms with van der Waals surface area (Å²) in [5.74, 6) is -0.589. The van der Waals surface area contributed by atoms with Gasteiger partial charge in [0.2, 0.25) is 0 Å². The van der Waals surface area contributed by atoms with Gasteiger partial charge in [0.25, 0.3) is 12.3 Å². The number of halogens is 3. The molecule has 1 amide bonds. The number of benzene rings is 1. The average Bonchev–Trinajstić information content (AvgIpc) is 3.51. The monoisotopic (exact) mass is 455 g/mol. The van der Waals surface area contributed by atoms with Gasteiger partial charge in [0.15, 0.2) is 11.5 Å². The van der Waals surface area contributed by atoms with E-state index >= 15 is 0 Å². The Kier molecular flexibility index (Phi) is 4.90. The van der Waals surface area contributed by atoms with E-state index in [9.17, 15) is 18.0 Å². The van der Waals surface area contributed by atoms with Crippen molar-refractivity contribution in [1.82, 2.24) is 29.8 Å². The zero-order valence-corrected chi connectivity index (χ0v) is 16.8. The van der Waals surface area contributed by atoms with E-state index < -0.39 is 18.1 Å². The number of amides is 1. The summed E-state index contributed by atoms with van der Waals surface area (Å²) in [6, 6.07) is 9.13. The number of H-pyrrole nitrogens is 1. The van der Waals surface area contributed by atoms with Gasteiger partial charge in [0, 0.05) is 28.9 Å². The minimum absolute atomic E-state index is 0.0851. The first kappa shape index (κ1) is 19.9. The van der Waals surface area contributed by atoms with Crippen LogP contribution in [0.15, 0.2) is 54.2 Å². The van der Waals surface area contributed by atoms with E-state index in [1.54, 1.807) is 30.5 Å². The molecule has 0 radical (unpaired) electrons. The number of hydrogen-bond acceptors (Lipinski definition) is 6. The number of carbonyl (C=O) groups excluding carboxylic acids is 1. The molecular formula is C20H12F3N7OS. The SMILES string of the molecule is O=C(Nc1ccn2nc(-c3cccc(F)c3)nc2c1)c1[nH]ncc1-c1nc(C(F)F)cs1. The Bertz CT molecular complexity index is 1440. The van der Waals surface area contributed by atoms with Crippen LogP contribution in [0.2, 0.25) is 0 Å². The van der Waals surface area contributed by atoms with Gasteiger partial charge < -0.3 is 5.32 Å². The zero-order valence-electron chi connectivity index (χ0n) is 16.0. The third kappa shape index (κ3) is 3.71. The highest BCUT2D eigenvalue weighted by molar-refractivity contribution is 7.13. The molecular weight excluding hydrogens is 443 g/mol. The molecule has 2 N–H and O–H groups in total. The first-order valence-electron chi connectivity index (χ1n) is 9.19. The Balaban J connectivity index is 1.40. The quantitative estimate of drug-likeness (QED) is 0.404. The van der Waals surface area contributed by atoms with Crippen LogP contribution in [0.5, 0.6) is 0 Å². The number of nitrogens with zero attached hydrogens (tertiary/aromatic N) is 5. The molecule has 0 aliphatic heterocycles. The Morgan fingerprint density at radius 2 is 2.06 bits per heavy atom. The summed E-state index contributed by atoms with van der Waals surface area (Å²) >= 11 is 0.998. The fourth-order valence-corrected chi connectivity index (χ4v) is 3.86. The van der Waals surface area contributed by atoms with Crippen LogP contribution in [0.4, 0.5) is 18.9 Å². The van der Waals surface area contributed by atoms with Crippen LogP contribution < -0.4 is 5.32 Å². The van der Waals surface area contributed by atoms with Gasteiger partial charge in [-0.15, -0.1) is 16.4 Å². The van der Waals surface area contributed by atoms with Gasteiger partial charge in [-0.25, -0.2) is 27.7 Å². The summed E-state index contributed by atoms with van der Waals surface area (Å²) < 4.78 is 40.7. The fraction of sp³-hybridized carbons (Fsp3) is 0.0500. The Morgan fingerprint density at radius 1 is 1.19 bits per heavy atom. The van der Waals surface area contributed by atoms with Crippen LogP contribution in [0, 0.1) is 5.82 Å². The summed E-state index contributed by atoms with van der Waals surface area (Å²) in [6.45, 7) is 0. The number of rotatable bonds is 5. The van der Waals surface area contributed by atoms with Gasteiger partial charge in [-0.05, 0) is 18.2 Å². The van der Waals surface area contributed by atoms with Crippen LogP contribution in [0.1, 0.15) is 22.6 Å². The molecule has 0 bridgehead atoms. The summed E-state index contributed by atoms with van der Waals surface area (Å²) in [7, 11) is 0. The third-order valence-corrected chi connectivity index (χ3v) is 5.41. The van der Waals surface area contributed by atoms with Crippen LogP contribution in [-0.2, 0) is 0 Å². The number of aromatic nitrogens is 6. The van der Waals surface area contributed by atoms with E-state index in [0.717, 1.165) is 11.3 Å². The van der Waals surface area contributed by atoms with Crippen molar-refractivity contribution in [3.63, 3.8) is 0 Å². The van der Waals surface area contributed by atoms with E-state index in [1.165, 1.54) is 28.2 Å². The van der Waals surface area contributed by atoms with Crippen molar-refractivity contribution in [2.24, 2.45) is 0 Å². The highest BCUT2D eigenvalue weighted by Gasteiger charge is 2.20. The lowest BCUT2D eigenvalue weighted by Crippen LogP contribution is -2.13. The summed E-state index contributed by atoms with van der Waals surface area (Å²) in [5, 5.41) is 14.9. The van der Waals surface area contributed by atoms with Crippen molar-refractivity contribution < 1.29 is 18.0 Å². The van der Waals surface area contributed by atoms with Crippen LogP contribution in [0.25, 0.3) is 27.6 Å². The van der Waals surface area contributed by atoms with E-state index in [2.05, 4.69) is 30.6 Å².